The van der Waals surface area contributed by atoms with Crippen LogP contribution in [0, 0.1) is 32.4 Å². The number of carbonyl (C=O) groups excluding carboxylic acids is 1. The fourth-order valence-corrected chi connectivity index (χ4v) is 5.47. The normalized spacial score (nSPS) is 11.6. The fraction of sp³-hybridized carbons (Fsp3) is 0.208. The standard InChI is InChI=1S/C24H24F2N2O3S/c1-16-12-17(2)24(18(3)13-16)32(30,31)28(14-19-8-5-4-6-9-19)15-22(29)27-23-20(25)10-7-11-21(23)26/h4-13H,14-15H2,1-3H3,(H,27,29). The Bertz CT molecular complexity index is 1200. The van der Waals surface area contributed by atoms with Crippen LogP contribution in [0.25, 0.3) is 0 Å². The third-order valence-corrected chi connectivity index (χ3v) is 7.05. The van der Waals surface area contributed by atoms with Gasteiger partial charge in [-0.3, -0.25) is 4.79 Å². The van der Waals surface area contributed by atoms with Crippen molar-refractivity contribution in [1.82, 2.24) is 4.31 Å². The second-order valence-electron chi connectivity index (χ2n) is 7.63. The van der Waals surface area contributed by atoms with E-state index in [0.717, 1.165) is 22.0 Å². The summed E-state index contributed by atoms with van der Waals surface area (Å²) in [5.74, 6) is -2.74. The SMILES string of the molecule is Cc1cc(C)c(S(=O)(=O)N(CC(=O)Nc2c(F)cccc2F)Cc2ccccc2)c(C)c1. The summed E-state index contributed by atoms with van der Waals surface area (Å²) in [7, 11) is -4.10. The van der Waals surface area contributed by atoms with Crippen LogP contribution >= 0.6 is 0 Å². The number of anilines is 1. The highest BCUT2D eigenvalue weighted by Crippen LogP contribution is 2.27. The van der Waals surface area contributed by atoms with Gasteiger partial charge in [-0.25, -0.2) is 17.2 Å². The number of nitrogens with one attached hydrogen (secondary N) is 1. The van der Waals surface area contributed by atoms with Crippen molar-refractivity contribution in [2.45, 2.75) is 32.2 Å². The lowest BCUT2D eigenvalue weighted by Crippen LogP contribution is -2.38. The first-order valence-electron chi connectivity index (χ1n) is 9.95. The molecule has 0 radical (unpaired) electrons. The number of benzene rings is 3. The van der Waals surface area contributed by atoms with Crippen LogP contribution in [-0.4, -0.2) is 25.2 Å². The van der Waals surface area contributed by atoms with E-state index in [-0.39, 0.29) is 11.4 Å². The van der Waals surface area contributed by atoms with Crippen LogP contribution in [0.4, 0.5) is 14.5 Å². The molecule has 0 aliphatic heterocycles. The van der Waals surface area contributed by atoms with Crippen molar-refractivity contribution in [3.63, 3.8) is 0 Å². The molecule has 32 heavy (non-hydrogen) atoms. The molecule has 0 saturated carbocycles. The Morgan fingerprint density at radius 3 is 2.03 bits per heavy atom. The minimum absolute atomic E-state index is 0.0803. The van der Waals surface area contributed by atoms with Crippen molar-refractivity contribution < 1.29 is 22.0 Å². The summed E-state index contributed by atoms with van der Waals surface area (Å²) in [6.45, 7) is 4.57. The topological polar surface area (TPSA) is 66.5 Å². The number of carbonyl (C=O) groups is 1. The Kier molecular flexibility index (Phi) is 7.06. The lowest BCUT2D eigenvalue weighted by atomic mass is 10.1. The molecule has 0 spiro atoms. The van der Waals surface area contributed by atoms with Crippen LogP contribution in [0.5, 0.6) is 0 Å². The summed E-state index contributed by atoms with van der Waals surface area (Å²) in [5.41, 5.74) is 2.09. The summed E-state index contributed by atoms with van der Waals surface area (Å²) in [6.07, 6.45) is 0. The van der Waals surface area contributed by atoms with Crippen LogP contribution in [0.3, 0.4) is 0 Å². The zero-order chi connectivity index (χ0) is 23.5. The van der Waals surface area contributed by atoms with E-state index in [1.165, 1.54) is 6.07 Å². The number of sulfonamides is 1. The van der Waals surface area contributed by atoms with E-state index < -0.39 is 39.8 Å². The van der Waals surface area contributed by atoms with Gasteiger partial charge in [0.25, 0.3) is 0 Å². The zero-order valence-electron chi connectivity index (χ0n) is 18.0. The molecule has 0 unspecified atom stereocenters. The summed E-state index contributed by atoms with van der Waals surface area (Å²) < 4.78 is 56.1. The van der Waals surface area contributed by atoms with Crippen molar-refractivity contribution in [2.24, 2.45) is 0 Å². The molecule has 0 bridgehead atoms. The summed E-state index contributed by atoms with van der Waals surface area (Å²) in [4.78, 5) is 12.8. The first kappa shape index (κ1) is 23.6. The van der Waals surface area contributed by atoms with Gasteiger partial charge in [0.15, 0.2) is 0 Å². The molecule has 0 aliphatic rings. The highest BCUT2D eigenvalue weighted by Gasteiger charge is 2.30. The number of nitrogens with zero attached hydrogens (tertiary/aromatic N) is 1. The average Bonchev–Trinajstić information content (AvgIpc) is 2.70. The number of para-hydroxylation sites is 1. The number of aryl methyl sites for hydroxylation is 3. The van der Waals surface area contributed by atoms with Crippen molar-refractivity contribution in [2.75, 3.05) is 11.9 Å². The number of rotatable bonds is 7. The molecule has 0 aliphatic carbocycles. The number of amides is 1. The zero-order valence-corrected chi connectivity index (χ0v) is 18.8. The predicted molar refractivity (Wildman–Crippen MR) is 120 cm³/mol. The average molecular weight is 459 g/mol. The first-order valence-corrected chi connectivity index (χ1v) is 11.4. The number of hydrogen-bond donors (Lipinski definition) is 1. The fourth-order valence-electron chi connectivity index (χ4n) is 3.67. The predicted octanol–water partition coefficient (Wildman–Crippen LogP) is 4.72. The van der Waals surface area contributed by atoms with Gasteiger partial charge >= 0.3 is 0 Å². The molecule has 3 aromatic carbocycles. The summed E-state index contributed by atoms with van der Waals surface area (Å²) >= 11 is 0. The van der Waals surface area contributed by atoms with E-state index in [4.69, 9.17) is 0 Å². The maximum Gasteiger partial charge on any atom is 0.244 e. The van der Waals surface area contributed by atoms with Crippen LogP contribution < -0.4 is 5.32 Å². The van der Waals surface area contributed by atoms with E-state index >= 15 is 0 Å². The molecule has 3 aromatic rings. The minimum atomic E-state index is -4.10. The third-order valence-electron chi connectivity index (χ3n) is 4.95. The molecule has 168 valence electrons. The molecule has 8 heteroatoms. The van der Waals surface area contributed by atoms with E-state index in [1.54, 1.807) is 56.3 Å². The monoisotopic (exact) mass is 458 g/mol. The molecule has 0 heterocycles. The quantitative estimate of drug-likeness (QED) is 0.557. The van der Waals surface area contributed by atoms with Gasteiger partial charge in [-0.2, -0.15) is 4.31 Å². The second-order valence-corrected chi connectivity index (χ2v) is 9.51. The number of halogens is 2. The van der Waals surface area contributed by atoms with Crippen LogP contribution in [0.15, 0.2) is 65.6 Å². The molecule has 1 N–H and O–H groups in total. The maximum absolute atomic E-state index is 14.0. The van der Waals surface area contributed by atoms with Crippen LogP contribution in [-0.2, 0) is 21.4 Å². The van der Waals surface area contributed by atoms with Crippen molar-refractivity contribution >= 4 is 21.6 Å². The largest absolute Gasteiger partial charge is 0.320 e. The van der Waals surface area contributed by atoms with Crippen molar-refractivity contribution in [1.29, 1.82) is 0 Å². The van der Waals surface area contributed by atoms with Crippen LogP contribution in [0.2, 0.25) is 0 Å². The Hall–Kier alpha value is -3.10. The summed E-state index contributed by atoms with van der Waals surface area (Å²) in [6, 6.07) is 15.5. The highest BCUT2D eigenvalue weighted by molar-refractivity contribution is 7.89. The second kappa shape index (κ2) is 9.58. The smallest absolute Gasteiger partial charge is 0.244 e. The van der Waals surface area contributed by atoms with Gasteiger partial charge in [0.2, 0.25) is 15.9 Å². The summed E-state index contributed by atoms with van der Waals surface area (Å²) in [5, 5.41) is 2.16. The first-order chi connectivity index (χ1) is 15.1. The molecular weight excluding hydrogens is 434 g/mol. The molecule has 0 aromatic heterocycles. The Morgan fingerprint density at radius 1 is 0.906 bits per heavy atom. The lowest BCUT2D eigenvalue weighted by Gasteiger charge is -2.24. The van der Waals surface area contributed by atoms with Gasteiger partial charge in [-0.15, -0.1) is 0 Å². The van der Waals surface area contributed by atoms with Gasteiger partial charge < -0.3 is 5.32 Å². The van der Waals surface area contributed by atoms with E-state index in [9.17, 15) is 22.0 Å². The molecule has 0 saturated heterocycles. The molecule has 0 atom stereocenters. The van der Waals surface area contributed by atoms with Crippen LogP contribution in [0.1, 0.15) is 22.3 Å². The maximum atomic E-state index is 14.0. The Labute approximate surface area is 186 Å². The molecule has 3 rings (SSSR count). The van der Waals surface area contributed by atoms with Gasteiger partial charge in [0.1, 0.15) is 17.3 Å². The van der Waals surface area contributed by atoms with Crippen molar-refractivity contribution in [3.05, 3.63) is 94.6 Å². The van der Waals surface area contributed by atoms with Gasteiger partial charge in [-0.05, 0) is 49.6 Å². The molecule has 0 fully saturated rings. The Morgan fingerprint density at radius 2 is 1.47 bits per heavy atom. The van der Waals surface area contributed by atoms with Gasteiger partial charge in [-0.1, -0.05) is 54.1 Å². The molecular formula is C24H24F2N2O3S. The Balaban J connectivity index is 1.98. The minimum Gasteiger partial charge on any atom is -0.320 e. The van der Waals surface area contributed by atoms with Crippen molar-refractivity contribution in [3.8, 4) is 0 Å². The highest BCUT2D eigenvalue weighted by atomic mass is 32.2. The third kappa shape index (κ3) is 5.20. The van der Waals surface area contributed by atoms with E-state index in [2.05, 4.69) is 5.32 Å². The molecule has 5 nitrogen and oxygen atoms in total. The van der Waals surface area contributed by atoms with E-state index in [1.807, 2.05) is 6.92 Å². The lowest BCUT2D eigenvalue weighted by molar-refractivity contribution is -0.116. The van der Waals surface area contributed by atoms with Gasteiger partial charge in [0.05, 0.1) is 11.4 Å². The van der Waals surface area contributed by atoms with Gasteiger partial charge in [0, 0.05) is 6.54 Å². The molecule has 1 amide bonds. The number of hydrogen-bond acceptors (Lipinski definition) is 3. The van der Waals surface area contributed by atoms with E-state index in [0.29, 0.717) is 16.7 Å².